The first-order valence-corrected chi connectivity index (χ1v) is 21.7. The molecular weight excluding hydrogens is 769 g/mol. The SMILES string of the molecule is CCOC(=O)c1ccc(C2SCCNc3c2c(-c2ccccn2)nn3CC)c(C)c1.CCn1nc(-c2ccccn2)c2c1NCCSC2c1ccc(C(=O)O)cc1C. The molecule has 0 aliphatic carbocycles. The first kappa shape index (κ1) is 40.6. The van der Waals surface area contributed by atoms with E-state index in [2.05, 4.69) is 47.4 Å². The molecule has 14 heteroatoms. The van der Waals surface area contributed by atoms with Gasteiger partial charge in [-0.25, -0.2) is 19.0 Å². The van der Waals surface area contributed by atoms with Crippen LogP contribution in [0, 0.1) is 13.8 Å². The number of benzene rings is 2. The van der Waals surface area contributed by atoms with Gasteiger partial charge in [-0.15, -0.1) is 23.5 Å². The summed E-state index contributed by atoms with van der Waals surface area (Å²) < 4.78 is 9.19. The molecule has 58 heavy (non-hydrogen) atoms. The number of pyridine rings is 2. The molecule has 6 heterocycles. The van der Waals surface area contributed by atoms with Gasteiger partial charge in [-0.2, -0.15) is 10.2 Å². The quantitative estimate of drug-likeness (QED) is 0.120. The average molecular weight is 817 g/mol. The number of rotatable bonds is 9. The smallest absolute Gasteiger partial charge is 0.338 e. The number of hydrogen-bond acceptors (Lipinski definition) is 11. The molecule has 0 fully saturated rings. The highest BCUT2D eigenvalue weighted by atomic mass is 32.2. The molecule has 2 aliphatic rings. The first-order valence-electron chi connectivity index (χ1n) is 19.6. The van der Waals surface area contributed by atoms with E-state index in [-0.39, 0.29) is 16.5 Å². The van der Waals surface area contributed by atoms with Crippen LogP contribution in [0.3, 0.4) is 0 Å². The Bertz CT molecular complexity index is 2400. The number of carbonyl (C=O) groups excluding carboxylic acids is 1. The Balaban J connectivity index is 0.000000177. The van der Waals surface area contributed by atoms with E-state index in [0.717, 1.165) is 99.9 Å². The predicted octanol–water partition coefficient (Wildman–Crippen LogP) is 8.92. The monoisotopic (exact) mass is 816 g/mol. The zero-order valence-electron chi connectivity index (χ0n) is 33.4. The first-order chi connectivity index (χ1) is 28.2. The van der Waals surface area contributed by atoms with Crippen molar-refractivity contribution >= 4 is 47.1 Å². The van der Waals surface area contributed by atoms with Gasteiger partial charge in [0, 0.05) is 61.2 Å². The third kappa shape index (κ3) is 8.35. The number of carboxylic acids is 1. The number of anilines is 2. The normalized spacial score (nSPS) is 15.9. The van der Waals surface area contributed by atoms with E-state index in [1.54, 1.807) is 24.5 Å². The molecule has 0 spiro atoms. The lowest BCUT2D eigenvalue weighted by Gasteiger charge is -2.19. The van der Waals surface area contributed by atoms with Gasteiger partial charge < -0.3 is 20.5 Å². The van der Waals surface area contributed by atoms with Gasteiger partial charge >= 0.3 is 11.9 Å². The number of fused-ring (bicyclic) bond motifs is 2. The maximum Gasteiger partial charge on any atom is 0.338 e. The van der Waals surface area contributed by atoms with E-state index >= 15 is 0 Å². The van der Waals surface area contributed by atoms with Gasteiger partial charge in [-0.3, -0.25) is 9.97 Å². The molecular formula is C44H48N8O4S2. The number of esters is 1. The van der Waals surface area contributed by atoms with Crippen molar-refractivity contribution in [3.63, 3.8) is 0 Å². The Kier molecular flexibility index (Phi) is 12.8. The maximum absolute atomic E-state index is 12.2. The van der Waals surface area contributed by atoms with E-state index in [0.29, 0.717) is 17.7 Å². The minimum atomic E-state index is -0.904. The Labute approximate surface area is 347 Å². The molecule has 2 unspecified atom stereocenters. The summed E-state index contributed by atoms with van der Waals surface area (Å²) >= 11 is 3.74. The predicted molar refractivity (Wildman–Crippen MR) is 233 cm³/mol. The number of carbonyl (C=O) groups is 2. The Morgan fingerprint density at radius 3 is 1.62 bits per heavy atom. The summed E-state index contributed by atoms with van der Waals surface area (Å²) in [5.41, 5.74) is 11.0. The molecule has 0 amide bonds. The summed E-state index contributed by atoms with van der Waals surface area (Å²) in [4.78, 5) is 32.6. The molecule has 2 aromatic carbocycles. The molecule has 300 valence electrons. The van der Waals surface area contributed by atoms with Crippen LogP contribution < -0.4 is 10.6 Å². The van der Waals surface area contributed by atoms with Crippen LogP contribution in [0.2, 0.25) is 0 Å². The number of aromatic carboxylic acids is 1. The number of aryl methyl sites for hydroxylation is 4. The van der Waals surface area contributed by atoms with Crippen LogP contribution in [-0.2, 0) is 17.8 Å². The Morgan fingerprint density at radius 2 is 1.21 bits per heavy atom. The molecule has 2 atom stereocenters. The lowest BCUT2D eigenvalue weighted by molar-refractivity contribution is 0.0525. The summed E-state index contributed by atoms with van der Waals surface area (Å²) in [6, 6.07) is 23.0. The van der Waals surface area contributed by atoms with Crippen LogP contribution in [-0.4, -0.2) is 77.8 Å². The Morgan fingerprint density at radius 1 is 0.724 bits per heavy atom. The molecule has 3 N–H and O–H groups in total. The van der Waals surface area contributed by atoms with Crippen LogP contribution in [0.25, 0.3) is 22.8 Å². The van der Waals surface area contributed by atoms with Crippen molar-refractivity contribution < 1.29 is 19.4 Å². The van der Waals surface area contributed by atoms with Gasteiger partial charge in [0.1, 0.15) is 23.0 Å². The zero-order valence-corrected chi connectivity index (χ0v) is 35.0. The van der Waals surface area contributed by atoms with Crippen molar-refractivity contribution in [1.82, 2.24) is 29.5 Å². The molecule has 0 saturated heterocycles. The number of carboxylic acid groups (broad SMARTS) is 1. The number of nitrogens with one attached hydrogen (secondary N) is 2. The van der Waals surface area contributed by atoms with Crippen LogP contribution in [0.4, 0.5) is 11.6 Å². The number of aromatic nitrogens is 6. The number of thioether (sulfide) groups is 2. The van der Waals surface area contributed by atoms with E-state index in [1.165, 1.54) is 5.56 Å². The molecule has 0 bridgehead atoms. The topological polar surface area (TPSA) is 149 Å². The molecule has 0 radical (unpaired) electrons. The molecule has 0 saturated carbocycles. The fraction of sp³-hybridized carbons (Fsp3) is 0.318. The highest BCUT2D eigenvalue weighted by molar-refractivity contribution is 8.00. The van der Waals surface area contributed by atoms with E-state index in [1.807, 2.05) is 101 Å². The minimum Gasteiger partial charge on any atom is -0.478 e. The molecule has 4 aromatic heterocycles. The van der Waals surface area contributed by atoms with Gasteiger partial charge in [0.25, 0.3) is 0 Å². The largest absolute Gasteiger partial charge is 0.478 e. The summed E-state index contributed by atoms with van der Waals surface area (Å²) in [6.07, 6.45) is 3.59. The van der Waals surface area contributed by atoms with E-state index in [4.69, 9.17) is 14.9 Å². The van der Waals surface area contributed by atoms with Gasteiger partial charge in [-0.05, 0) is 105 Å². The third-order valence-electron chi connectivity index (χ3n) is 10.1. The number of hydrogen-bond donors (Lipinski definition) is 3. The fourth-order valence-electron chi connectivity index (χ4n) is 7.43. The Hall–Kier alpha value is -5.60. The average Bonchev–Trinajstić information content (AvgIpc) is 3.61. The second kappa shape index (κ2) is 18.3. The van der Waals surface area contributed by atoms with Crippen LogP contribution in [0.5, 0.6) is 0 Å². The van der Waals surface area contributed by atoms with Crippen molar-refractivity contribution in [2.45, 2.75) is 58.2 Å². The molecule has 6 aromatic rings. The minimum absolute atomic E-state index is 0.0603. The van der Waals surface area contributed by atoms with Gasteiger partial charge in [-0.1, -0.05) is 24.3 Å². The highest BCUT2D eigenvalue weighted by Crippen LogP contribution is 2.48. The molecule has 8 rings (SSSR count). The van der Waals surface area contributed by atoms with Crippen molar-refractivity contribution in [2.24, 2.45) is 0 Å². The number of nitrogens with zero attached hydrogens (tertiary/aromatic N) is 6. The van der Waals surface area contributed by atoms with Crippen molar-refractivity contribution in [1.29, 1.82) is 0 Å². The van der Waals surface area contributed by atoms with E-state index in [9.17, 15) is 14.7 Å². The van der Waals surface area contributed by atoms with E-state index < -0.39 is 5.97 Å². The van der Waals surface area contributed by atoms with Crippen molar-refractivity contribution in [3.05, 3.63) is 130 Å². The summed E-state index contributed by atoms with van der Waals surface area (Å²) in [6.45, 7) is 13.7. The maximum atomic E-state index is 12.2. The van der Waals surface area contributed by atoms with Crippen molar-refractivity contribution in [3.8, 4) is 22.8 Å². The molecule has 12 nitrogen and oxygen atoms in total. The van der Waals surface area contributed by atoms with Crippen LogP contribution in [0.1, 0.15) is 85.4 Å². The molecule has 2 aliphatic heterocycles. The second-order valence-electron chi connectivity index (χ2n) is 13.8. The van der Waals surface area contributed by atoms with Crippen LogP contribution in [0.15, 0.2) is 85.2 Å². The fourth-order valence-corrected chi connectivity index (χ4v) is 10.0. The summed E-state index contributed by atoms with van der Waals surface area (Å²) in [5, 5.41) is 26.3. The zero-order chi connectivity index (χ0) is 40.8. The van der Waals surface area contributed by atoms with Crippen LogP contribution >= 0.6 is 23.5 Å². The van der Waals surface area contributed by atoms with Gasteiger partial charge in [0.2, 0.25) is 0 Å². The second-order valence-corrected chi connectivity index (χ2v) is 16.2. The van der Waals surface area contributed by atoms with Gasteiger partial charge in [0.15, 0.2) is 0 Å². The lowest BCUT2D eigenvalue weighted by atomic mass is 9.96. The third-order valence-corrected chi connectivity index (χ3v) is 12.7. The van der Waals surface area contributed by atoms with Gasteiger partial charge in [0.05, 0.1) is 39.6 Å². The summed E-state index contributed by atoms with van der Waals surface area (Å²) in [7, 11) is 0. The highest BCUT2D eigenvalue weighted by Gasteiger charge is 2.32. The lowest BCUT2D eigenvalue weighted by Crippen LogP contribution is -2.09. The number of ether oxygens (including phenoxy) is 1. The standard InChI is InChI=1S/C23H26N4O2S.C21H22N4O2S/c1-4-27-22-19(20(26-27)18-8-6-7-11-24-18)21(30-13-12-25-22)17-10-9-16(14-15(17)3)23(28)29-5-2;1-3-25-20-17(18(24-25)16-6-4-5-9-22-16)19(28-11-10-23-20)15-8-7-14(21(26)27)12-13(15)2/h6-11,14,21,25H,4-5,12-13H2,1-3H3;4-9,12,19,23H,3,10-11H2,1-2H3,(H,26,27). The summed E-state index contributed by atoms with van der Waals surface area (Å²) in [5.74, 6) is 2.82. The van der Waals surface area contributed by atoms with Crippen molar-refractivity contribution in [2.75, 3.05) is 41.8 Å².